The zero-order valence-electron chi connectivity index (χ0n) is 12.8. The minimum Gasteiger partial charge on any atom is -0.454 e. The fourth-order valence-electron chi connectivity index (χ4n) is 3.08. The molecule has 120 valence electrons. The number of carbonyl (C=O) groups is 1. The Morgan fingerprint density at radius 2 is 2.13 bits per heavy atom. The third-order valence-corrected chi connectivity index (χ3v) is 4.21. The van der Waals surface area contributed by atoms with Gasteiger partial charge in [0.25, 0.3) is 5.91 Å². The summed E-state index contributed by atoms with van der Waals surface area (Å²) in [6.07, 6.45) is 2.84. The van der Waals surface area contributed by atoms with Gasteiger partial charge in [-0.3, -0.25) is 4.79 Å². The highest BCUT2D eigenvalue weighted by Crippen LogP contribution is 2.35. The summed E-state index contributed by atoms with van der Waals surface area (Å²) in [5.74, 6) is 2.32. The number of rotatable bonds is 2. The molecule has 4 rings (SSSR count). The van der Waals surface area contributed by atoms with Gasteiger partial charge in [0.15, 0.2) is 17.3 Å². The van der Waals surface area contributed by atoms with E-state index in [0.29, 0.717) is 35.3 Å². The van der Waals surface area contributed by atoms with Crippen LogP contribution < -0.4 is 9.47 Å². The fourth-order valence-corrected chi connectivity index (χ4v) is 3.08. The van der Waals surface area contributed by atoms with Gasteiger partial charge >= 0.3 is 0 Å². The number of aromatic nitrogens is 2. The molecule has 0 radical (unpaired) electrons. The lowest BCUT2D eigenvalue weighted by molar-refractivity contribution is 0.0561. The molecule has 23 heavy (non-hydrogen) atoms. The monoisotopic (exact) mass is 315 g/mol. The molecule has 0 N–H and O–H groups in total. The van der Waals surface area contributed by atoms with Gasteiger partial charge in [-0.15, -0.1) is 0 Å². The highest BCUT2D eigenvalue weighted by atomic mass is 16.7. The quantitative estimate of drug-likeness (QED) is 0.847. The molecule has 2 aromatic rings. The lowest BCUT2D eigenvalue weighted by atomic mass is 10.0. The van der Waals surface area contributed by atoms with Crippen LogP contribution in [0.2, 0.25) is 0 Å². The van der Waals surface area contributed by atoms with Crippen LogP contribution in [0.1, 0.15) is 47.4 Å². The van der Waals surface area contributed by atoms with Gasteiger partial charge in [-0.05, 0) is 44.4 Å². The maximum atomic E-state index is 12.9. The molecule has 2 aliphatic heterocycles. The molecule has 0 spiro atoms. The van der Waals surface area contributed by atoms with Crippen molar-refractivity contribution in [3.63, 3.8) is 0 Å². The van der Waals surface area contributed by atoms with Crippen molar-refractivity contribution in [2.24, 2.45) is 0 Å². The third kappa shape index (κ3) is 2.52. The highest BCUT2D eigenvalue weighted by molar-refractivity contribution is 5.95. The first kappa shape index (κ1) is 14.0. The number of piperidine rings is 1. The first-order chi connectivity index (χ1) is 11.2. The maximum Gasteiger partial charge on any atom is 0.254 e. The first-order valence-corrected chi connectivity index (χ1v) is 7.73. The molecule has 1 aromatic heterocycles. The van der Waals surface area contributed by atoms with Crippen molar-refractivity contribution in [1.29, 1.82) is 0 Å². The molecule has 0 aliphatic carbocycles. The van der Waals surface area contributed by atoms with E-state index in [9.17, 15) is 4.79 Å². The Hall–Kier alpha value is -2.57. The average Bonchev–Trinajstić information content (AvgIpc) is 3.22. The van der Waals surface area contributed by atoms with Crippen LogP contribution in [0.25, 0.3) is 0 Å². The van der Waals surface area contributed by atoms with Gasteiger partial charge in [-0.2, -0.15) is 4.98 Å². The predicted octanol–water partition coefficient (Wildman–Crippen LogP) is 2.47. The van der Waals surface area contributed by atoms with Crippen LogP contribution in [0.15, 0.2) is 22.7 Å². The zero-order chi connectivity index (χ0) is 15.8. The summed E-state index contributed by atoms with van der Waals surface area (Å²) in [7, 11) is 0. The molecule has 1 amide bonds. The van der Waals surface area contributed by atoms with Gasteiger partial charge in [0.05, 0.1) is 0 Å². The summed E-state index contributed by atoms with van der Waals surface area (Å²) in [5.41, 5.74) is 0.581. The number of likely N-dealkylation sites (tertiary alicyclic amines) is 1. The van der Waals surface area contributed by atoms with Gasteiger partial charge in [0.1, 0.15) is 6.04 Å². The van der Waals surface area contributed by atoms with Gasteiger partial charge in [0, 0.05) is 12.1 Å². The van der Waals surface area contributed by atoms with Crippen molar-refractivity contribution in [2.45, 2.75) is 32.2 Å². The second-order valence-electron chi connectivity index (χ2n) is 5.76. The molecular weight excluding hydrogens is 298 g/mol. The van der Waals surface area contributed by atoms with Crippen LogP contribution in [-0.4, -0.2) is 34.3 Å². The molecule has 1 atom stereocenters. The normalized spacial score (nSPS) is 19.9. The predicted molar refractivity (Wildman–Crippen MR) is 79.2 cm³/mol. The lowest BCUT2D eigenvalue weighted by Gasteiger charge is -2.33. The number of ether oxygens (including phenoxy) is 2. The zero-order valence-corrected chi connectivity index (χ0v) is 12.8. The molecule has 7 heteroatoms. The van der Waals surface area contributed by atoms with Crippen molar-refractivity contribution < 1.29 is 18.8 Å². The van der Waals surface area contributed by atoms with Gasteiger partial charge in [0.2, 0.25) is 12.7 Å². The molecule has 2 aliphatic rings. The van der Waals surface area contributed by atoms with E-state index in [1.165, 1.54) is 0 Å². The smallest absolute Gasteiger partial charge is 0.254 e. The summed E-state index contributed by atoms with van der Waals surface area (Å²) in [6, 6.07) is 5.10. The number of benzene rings is 1. The molecular formula is C16H17N3O4. The fraction of sp³-hybridized carbons (Fsp3) is 0.438. The van der Waals surface area contributed by atoms with E-state index < -0.39 is 0 Å². The number of carbonyl (C=O) groups excluding carboxylic acids is 1. The van der Waals surface area contributed by atoms with E-state index in [1.807, 2.05) is 4.90 Å². The molecule has 1 fully saturated rings. The Balaban J connectivity index is 1.62. The van der Waals surface area contributed by atoms with E-state index in [0.717, 1.165) is 19.3 Å². The minimum atomic E-state index is -0.164. The maximum absolute atomic E-state index is 12.9. The van der Waals surface area contributed by atoms with E-state index >= 15 is 0 Å². The second kappa shape index (κ2) is 5.57. The molecule has 0 unspecified atom stereocenters. The van der Waals surface area contributed by atoms with Crippen molar-refractivity contribution in [2.75, 3.05) is 13.3 Å². The topological polar surface area (TPSA) is 77.7 Å². The van der Waals surface area contributed by atoms with Crippen molar-refractivity contribution in [1.82, 2.24) is 15.0 Å². The Bertz CT molecular complexity index is 743. The van der Waals surface area contributed by atoms with Crippen LogP contribution in [0.4, 0.5) is 0 Å². The first-order valence-electron chi connectivity index (χ1n) is 7.73. The number of amides is 1. The van der Waals surface area contributed by atoms with Gasteiger partial charge in [-0.25, -0.2) is 0 Å². The third-order valence-electron chi connectivity index (χ3n) is 4.21. The lowest BCUT2D eigenvalue weighted by Crippen LogP contribution is -2.38. The molecule has 7 nitrogen and oxygen atoms in total. The Morgan fingerprint density at radius 3 is 2.96 bits per heavy atom. The Labute approximate surface area is 133 Å². The highest BCUT2D eigenvalue weighted by Gasteiger charge is 2.33. The van der Waals surface area contributed by atoms with E-state index in [1.54, 1.807) is 25.1 Å². The van der Waals surface area contributed by atoms with E-state index in [2.05, 4.69) is 10.1 Å². The molecule has 1 aromatic carbocycles. The standard InChI is InChI=1S/C16H17N3O4/c1-10-17-15(23-18-10)12-4-2-3-7-19(12)16(20)11-5-6-13-14(8-11)22-9-21-13/h5-6,8,12H,2-4,7,9H2,1H3/t12-/m1/s1. The van der Waals surface area contributed by atoms with Crippen LogP contribution in [0, 0.1) is 6.92 Å². The van der Waals surface area contributed by atoms with E-state index in [-0.39, 0.29) is 18.7 Å². The summed E-state index contributed by atoms with van der Waals surface area (Å²) < 4.78 is 15.9. The van der Waals surface area contributed by atoms with Crippen LogP contribution >= 0.6 is 0 Å². The largest absolute Gasteiger partial charge is 0.454 e. The molecule has 0 saturated carbocycles. The average molecular weight is 315 g/mol. The van der Waals surface area contributed by atoms with Gasteiger partial charge in [-0.1, -0.05) is 5.16 Å². The number of aryl methyl sites for hydroxylation is 1. The van der Waals surface area contributed by atoms with Crippen LogP contribution in [0.3, 0.4) is 0 Å². The van der Waals surface area contributed by atoms with Gasteiger partial charge < -0.3 is 18.9 Å². The summed E-state index contributed by atoms with van der Waals surface area (Å²) in [4.78, 5) is 19.0. The molecule has 3 heterocycles. The molecule has 1 saturated heterocycles. The van der Waals surface area contributed by atoms with Crippen molar-refractivity contribution >= 4 is 5.91 Å². The Morgan fingerprint density at radius 1 is 1.26 bits per heavy atom. The summed E-state index contributed by atoms with van der Waals surface area (Å²) >= 11 is 0. The van der Waals surface area contributed by atoms with Crippen LogP contribution in [-0.2, 0) is 0 Å². The molecule has 0 bridgehead atoms. The number of hydrogen-bond acceptors (Lipinski definition) is 6. The second-order valence-corrected chi connectivity index (χ2v) is 5.76. The number of hydrogen-bond donors (Lipinski definition) is 0. The SMILES string of the molecule is Cc1noc([C@H]2CCCCN2C(=O)c2ccc3c(c2)OCO3)n1. The summed E-state index contributed by atoms with van der Waals surface area (Å²) in [6.45, 7) is 2.65. The van der Waals surface area contributed by atoms with E-state index in [4.69, 9.17) is 14.0 Å². The van der Waals surface area contributed by atoms with Crippen molar-refractivity contribution in [3.05, 3.63) is 35.5 Å². The Kier molecular flexibility index (Phi) is 3.40. The summed E-state index contributed by atoms with van der Waals surface area (Å²) in [5, 5.41) is 3.84. The van der Waals surface area contributed by atoms with Crippen molar-refractivity contribution in [3.8, 4) is 11.5 Å². The minimum absolute atomic E-state index is 0.0520. The van der Waals surface area contributed by atoms with Crippen LogP contribution in [0.5, 0.6) is 11.5 Å². The number of fused-ring (bicyclic) bond motifs is 1. The number of nitrogens with zero attached hydrogens (tertiary/aromatic N) is 3.